The van der Waals surface area contributed by atoms with Gasteiger partial charge in [0.05, 0.1) is 12.0 Å². The average molecular weight is 570 g/mol. The first-order valence-corrected chi connectivity index (χ1v) is 12.9. The first kappa shape index (κ1) is 31.1. The average Bonchev–Trinajstić information content (AvgIpc) is 3.33. The van der Waals surface area contributed by atoms with Crippen molar-refractivity contribution in [2.45, 2.75) is 45.2 Å². The minimum absolute atomic E-state index is 0.0298. The summed E-state index contributed by atoms with van der Waals surface area (Å²) in [5.41, 5.74) is -1.53. The molecule has 0 spiro atoms. The topological polar surface area (TPSA) is 142 Å². The highest BCUT2D eigenvalue weighted by atomic mass is 19.1. The van der Waals surface area contributed by atoms with Gasteiger partial charge in [0.1, 0.15) is 29.2 Å². The van der Waals surface area contributed by atoms with Crippen LogP contribution in [0.1, 0.15) is 53.8 Å². The number of hydrogen-bond donors (Lipinski definition) is 4. The Morgan fingerprint density at radius 3 is 2.32 bits per heavy atom. The van der Waals surface area contributed by atoms with E-state index in [4.69, 9.17) is 4.52 Å². The molecule has 41 heavy (non-hydrogen) atoms. The van der Waals surface area contributed by atoms with Crippen LogP contribution >= 0.6 is 0 Å². The molecule has 0 saturated carbocycles. The van der Waals surface area contributed by atoms with Crippen LogP contribution in [0.4, 0.5) is 8.78 Å². The molecule has 2 aromatic carbocycles. The number of nitrogens with zero attached hydrogens (tertiary/aromatic N) is 1. The molecule has 12 heteroatoms. The predicted octanol–water partition coefficient (Wildman–Crippen LogP) is 2.92. The lowest BCUT2D eigenvalue weighted by Gasteiger charge is -2.30. The Morgan fingerprint density at radius 1 is 0.951 bits per heavy atom. The van der Waals surface area contributed by atoms with E-state index in [2.05, 4.69) is 26.4 Å². The van der Waals surface area contributed by atoms with Crippen LogP contribution in [0.2, 0.25) is 0 Å². The Labute approximate surface area is 236 Å². The number of aldehydes is 1. The lowest BCUT2D eigenvalue weighted by atomic mass is 9.94. The van der Waals surface area contributed by atoms with Crippen molar-refractivity contribution in [3.05, 3.63) is 77.2 Å². The Kier molecular flexibility index (Phi) is 10.1. The van der Waals surface area contributed by atoms with E-state index < -0.39 is 40.4 Å². The second kappa shape index (κ2) is 13.3. The number of nitrogens with one attached hydrogen (secondary N) is 4. The minimum Gasteiger partial charge on any atom is -0.361 e. The quantitative estimate of drug-likeness (QED) is 0.194. The van der Waals surface area contributed by atoms with Crippen molar-refractivity contribution in [2.24, 2.45) is 0 Å². The second-order valence-corrected chi connectivity index (χ2v) is 10.7. The van der Waals surface area contributed by atoms with Crippen LogP contribution in [0.15, 0.2) is 53.1 Å². The summed E-state index contributed by atoms with van der Waals surface area (Å²) in [5, 5.41) is 14.5. The molecule has 4 N–H and O–H groups in total. The highest BCUT2D eigenvalue weighted by Gasteiger charge is 2.36. The van der Waals surface area contributed by atoms with Crippen LogP contribution in [0, 0.1) is 18.6 Å². The summed E-state index contributed by atoms with van der Waals surface area (Å²) in [5.74, 6) is -2.68. The van der Waals surface area contributed by atoms with E-state index in [0.29, 0.717) is 23.2 Å². The molecular weight excluding hydrogens is 536 g/mol. The zero-order chi connectivity index (χ0) is 30.2. The van der Waals surface area contributed by atoms with Gasteiger partial charge >= 0.3 is 0 Å². The number of aromatic nitrogens is 1. The van der Waals surface area contributed by atoms with Crippen molar-refractivity contribution < 1.29 is 32.5 Å². The maximum absolute atomic E-state index is 14.4. The summed E-state index contributed by atoms with van der Waals surface area (Å²) in [7, 11) is 0. The van der Waals surface area contributed by atoms with Crippen molar-refractivity contribution in [3.8, 4) is 11.1 Å². The molecule has 0 unspecified atom stereocenters. The second-order valence-electron chi connectivity index (χ2n) is 10.7. The van der Waals surface area contributed by atoms with E-state index in [1.807, 2.05) is 0 Å². The van der Waals surface area contributed by atoms with Gasteiger partial charge in [0.25, 0.3) is 11.8 Å². The third kappa shape index (κ3) is 9.04. The summed E-state index contributed by atoms with van der Waals surface area (Å²) in [4.78, 5) is 50.4. The molecule has 1 heterocycles. The highest BCUT2D eigenvalue weighted by Crippen LogP contribution is 2.23. The number of rotatable bonds is 12. The normalized spacial score (nSPS) is 12.7. The SMILES string of the molecule is Cc1cc(C(=O)N[C@@](C=O)(CNCCNC(=O)c2cc(-c3cccc(F)c3)ccc2F)CC(=O)NC(C)(C)C)no1. The molecule has 0 radical (unpaired) electrons. The number of halogens is 2. The van der Waals surface area contributed by atoms with E-state index in [-0.39, 0.29) is 37.3 Å². The Bertz CT molecular complexity index is 1420. The van der Waals surface area contributed by atoms with Gasteiger partial charge in [-0.2, -0.15) is 0 Å². The third-order valence-electron chi connectivity index (χ3n) is 5.84. The van der Waals surface area contributed by atoms with Crippen molar-refractivity contribution in [1.82, 2.24) is 26.4 Å². The fourth-order valence-corrected chi connectivity index (χ4v) is 3.99. The van der Waals surface area contributed by atoms with Gasteiger partial charge < -0.3 is 30.6 Å². The maximum atomic E-state index is 14.4. The van der Waals surface area contributed by atoms with E-state index in [0.717, 1.165) is 6.07 Å². The first-order valence-electron chi connectivity index (χ1n) is 12.9. The molecule has 0 bridgehead atoms. The van der Waals surface area contributed by atoms with Gasteiger partial charge in [-0.05, 0) is 63.1 Å². The van der Waals surface area contributed by atoms with E-state index in [1.165, 1.54) is 36.4 Å². The number of carbonyl (C=O) groups excluding carboxylic acids is 4. The number of hydrogen-bond acceptors (Lipinski definition) is 7. The van der Waals surface area contributed by atoms with Gasteiger partial charge in [-0.3, -0.25) is 14.4 Å². The minimum atomic E-state index is -1.64. The van der Waals surface area contributed by atoms with Gasteiger partial charge in [-0.15, -0.1) is 0 Å². The van der Waals surface area contributed by atoms with Crippen molar-refractivity contribution >= 4 is 24.0 Å². The van der Waals surface area contributed by atoms with Crippen LogP contribution in [-0.4, -0.2) is 59.9 Å². The standard InChI is InChI=1S/C29H33F2N5O5/c1-18-12-24(36-41-18)27(40)35-29(17-37,15-25(38)34-28(2,3)4)16-32-10-11-33-26(39)22-14-20(8-9-23(22)31)19-6-5-7-21(30)13-19/h5-9,12-14,17,32H,10-11,15-16H2,1-4H3,(H,33,39)(H,34,38)(H,35,40)/t29-/m1/s1. The monoisotopic (exact) mass is 569 g/mol. The highest BCUT2D eigenvalue weighted by molar-refractivity contribution is 5.96. The van der Waals surface area contributed by atoms with Gasteiger partial charge in [-0.25, -0.2) is 8.78 Å². The summed E-state index contributed by atoms with van der Waals surface area (Å²) in [6.07, 6.45) is 0.104. The zero-order valence-electron chi connectivity index (χ0n) is 23.3. The molecule has 3 rings (SSSR count). The van der Waals surface area contributed by atoms with Crippen LogP contribution < -0.4 is 21.3 Å². The summed E-state index contributed by atoms with van der Waals surface area (Å²) in [6.45, 7) is 6.93. The van der Waals surface area contributed by atoms with Crippen molar-refractivity contribution in [3.63, 3.8) is 0 Å². The maximum Gasteiger partial charge on any atom is 0.274 e. The van der Waals surface area contributed by atoms with Gasteiger partial charge in [0, 0.05) is 31.2 Å². The summed E-state index contributed by atoms with van der Waals surface area (Å²) in [6, 6.07) is 11.0. The molecular formula is C29H33F2N5O5. The molecule has 0 aliphatic rings. The fraction of sp³-hybridized carbons (Fsp3) is 0.345. The molecule has 218 valence electrons. The Hall–Kier alpha value is -4.45. The Balaban J connectivity index is 1.64. The van der Waals surface area contributed by atoms with E-state index in [1.54, 1.807) is 33.8 Å². The van der Waals surface area contributed by atoms with Crippen LogP contribution in [-0.2, 0) is 9.59 Å². The van der Waals surface area contributed by atoms with Crippen LogP contribution in [0.5, 0.6) is 0 Å². The molecule has 0 aliphatic heterocycles. The van der Waals surface area contributed by atoms with Gasteiger partial charge in [0.2, 0.25) is 5.91 Å². The van der Waals surface area contributed by atoms with Crippen molar-refractivity contribution in [2.75, 3.05) is 19.6 Å². The van der Waals surface area contributed by atoms with Gasteiger partial charge in [0.15, 0.2) is 5.69 Å². The molecule has 1 atom stereocenters. The molecule has 0 saturated heterocycles. The van der Waals surface area contributed by atoms with Crippen LogP contribution in [0.3, 0.4) is 0 Å². The molecule has 10 nitrogen and oxygen atoms in total. The lowest BCUT2D eigenvalue weighted by Crippen LogP contribution is -2.59. The molecule has 0 fully saturated rings. The van der Waals surface area contributed by atoms with Gasteiger partial charge in [-0.1, -0.05) is 23.4 Å². The molecule has 0 aliphatic carbocycles. The van der Waals surface area contributed by atoms with E-state index >= 15 is 0 Å². The smallest absolute Gasteiger partial charge is 0.274 e. The number of aryl methyl sites for hydroxylation is 1. The first-order chi connectivity index (χ1) is 19.3. The third-order valence-corrected chi connectivity index (χ3v) is 5.84. The fourth-order valence-electron chi connectivity index (χ4n) is 3.99. The number of benzene rings is 2. The zero-order valence-corrected chi connectivity index (χ0v) is 23.3. The summed E-state index contributed by atoms with van der Waals surface area (Å²) < 4.78 is 32.9. The molecule has 3 aromatic rings. The van der Waals surface area contributed by atoms with Crippen LogP contribution in [0.25, 0.3) is 11.1 Å². The molecule has 1 aromatic heterocycles. The van der Waals surface area contributed by atoms with Crippen molar-refractivity contribution in [1.29, 1.82) is 0 Å². The van der Waals surface area contributed by atoms with E-state index in [9.17, 15) is 28.0 Å². The largest absolute Gasteiger partial charge is 0.361 e. The number of carbonyl (C=O) groups is 4. The predicted molar refractivity (Wildman–Crippen MR) is 147 cm³/mol. The molecule has 3 amide bonds. The Morgan fingerprint density at radius 2 is 1.68 bits per heavy atom. The number of amides is 3. The lowest BCUT2D eigenvalue weighted by molar-refractivity contribution is -0.126. The summed E-state index contributed by atoms with van der Waals surface area (Å²) >= 11 is 0.